The van der Waals surface area contributed by atoms with Gasteiger partial charge >= 0.3 is 5.97 Å². The maximum atomic E-state index is 12.6. The van der Waals surface area contributed by atoms with E-state index in [-0.39, 0.29) is 18.0 Å². The van der Waals surface area contributed by atoms with Crippen molar-refractivity contribution >= 4 is 29.2 Å². The van der Waals surface area contributed by atoms with Crippen molar-refractivity contribution < 1.29 is 28.6 Å². The van der Waals surface area contributed by atoms with Crippen LogP contribution in [-0.2, 0) is 14.3 Å². The molecule has 28 heavy (non-hydrogen) atoms. The van der Waals surface area contributed by atoms with Gasteiger partial charge in [0.2, 0.25) is 11.8 Å². The Morgan fingerprint density at radius 2 is 1.75 bits per heavy atom. The highest BCUT2D eigenvalue weighted by molar-refractivity contribution is 6.03. The number of carbonyl (C=O) groups is 3. The van der Waals surface area contributed by atoms with E-state index in [4.69, 9.17) is 14.2 Å². The van der Waals surface area contributed by atoms with Gasteiger partial charge in [-0.3, -0.25) is 9.59 Å². The van der Waals surface area contributed by atoms with E-state index < -0.39 is 11.9 Å². The van der Waals surface area contributed by atoms with E-state index in [1.807, 2.05) is 0 Å². The Hall–Kier alpha value is -3.55. The monoisotopic (exact) mass is 386 g/mol. The van der Waals surface area contributed by atoms with Crippen LogP contribution in [0.5, 0.6) is 11.5 Å². The maximum absolute atomic E-state index is 12.6. The molecular formula is C20H22N2O6. The van der Waals surface area contributed by atoms with Crippen LogP contribution in [0.1, 0.15) is 17.3 Å². The average Bonchev–Trinajstić information content (AvgIpc) is 2.71. The molecule has 0 fully saturated rings. The molecule has 0 radical (unpaired) electrons. The predicted molar refractivity (Wildman–Crippen MR) is 104 cm³/mol. The van der Waals surface area contributed by atoms with Gasteiger partial charge in [-0.1, -0.05) is 6.07 Å². The van der Waals surface area contributed by atoms with E-state index in [9.17, 15) is 14.4 Å². The van der Waals surface area contributed by atoms with E-state index >= 15 is 0 Å². The van der Waals surface area contributed by atoms with E-state index in [2.05, 4.69) is 5.32 Å². The minimum absolute atomic E-state index is 0.250. The third-order valence-electron chi connectivity index (χ3n) is 3.94. The van der Waals surface area contributed by atoms with Gasteiger partial charge in [0.25, 0.3) is 0 Å². The van der Waals surface area contributed by atoms with Gasteiger partial charge in [-0.15, -0.1) is 0 Å². The van der Waals surface area contributed by atoms with Crippen molar-refractivity contribution in [1.82, 2.24) is 0 Å². The first-order valence-electron chi connectivity index (χ1n) is 8.38. The third-order valence-corrected chi connectivity index (χ3v) is 3.94. The van der Waals surface area contributed by atoms with Crippen molar-refractivity contribution in [3.8, 4) is 11.5 Å². The van der Waals surface area contributed by atoms with Gasteiger partial charge in [-0.25, -0.2) is 4.79 Å². The van der Waals surface area contributed by atoms with E-state index in [0.717, 1.165) is 0 Å². The molecule has 0 aliphatic carbocycles. The molecule has 0 saturated carbocycles. The SMILES string of the molecule is COC(=O)c1cccc(N(CC(=O)Nc2cc(OC)ccc2OC)C(C)=O)c1. The summed E-state index contributed by atoms with van der Waals surface area (Å²) in [5.41, 5.74) is 1.10. The van der Waals surface area contributed by atoms with Crippen LogP contribution in [-0.4, -0.2) is 45.7 Å². The van der Waals surface area contributed by atoms with Crippen LogP contribution in [0.4, 0.5) is 11.4 Å². The minimum Gasteiger partial charge on any atom is -0.497 e. The molecule has 2 aromatic rings. The minimum atomic E-state index is -0.532. The molecule has 0 saturated heterocycles. The number of anilines is 2. The second-order valence-electron chi connectivity index (χ2n) is 5.76. The highest BCUT2D eigenvalue weighted by atomic mass is 16.5. The summed E-state index contributed by atoms with van der Waals surface area (Å²) in [6.07, 6.45) is 0. The van der Waals surface area contributed by atoms with Crippen LogP contribution in [0.15, 0.2) is 42.5 Å². The van der Waals surface area contributed by atoms with Gasteiger partial charge < -0.3 is 24.4 Å². The Morgan fingerprint density at radius 1 is 1.00 bits per heavy atom. The molecule has 0 bridgehead atoms. The highest BCUT2D eigenvalue weighted by Crippen LogP contribution is 2.29. The standard InChI is InChI=1S/C20H22N2O6/c1-13(23)22(15-7-5-6-14(10-15)20(25)28-4)12-19(24)21-17-11-16(26-2)8-9-18(17)27-3/h5-11H,12H2,1-4H3,(H,21,24). The van der Waals surface area contributed by atoms with E-state index in [0.29, 0.717) is 22.9 Å². The van der Waals surface area contributed by atoms with Gasteiger partial charge in [0, 0.05) is 18.7 Å². The molecule has 2 amide bonds. The molecule has 0 aliphatic heterocycles. The van der Waals surface area contributed by atoms with Crippen LogP contribution in [0.25, 0.3) is 0 Å². The molecule has 0 atom stereocenters. The Bertz CT molecular complexity index is 881. The molecule has 1 N–H and O–H groups in total. The third kappa shape index (κ3) is 5.00. The Balaban J connectivity index is 2.22. The molecule has 8 nitrogen and oxygen atoms in total. The molecule has 2 aromatic carbocycles. The number of nitrogens with zero attached hydrogens (tertiary/aromatic N) is 1. The molecule has 148 valence electrons. The fraction of sp³-hybridized carbons (Fsp3) is 0.250. The number of methoxy groups -OCH3 is 3. The van der Waals surface area contributed by atoms with Crippen molar-refractivity contribution in [2.24, 2.45) is 0 Å². The zero-order valence-electron chi connectivity index (χ0n) is 16.1. The summed E-state index contributed by atoms with van der Waals surface area (Å²) in [6, 6.07) is 11.3. The van der Waals surface area contributed by atoms with Crippen LogP contribution < -0.4 is 19.7 Å². The van der Waals surface area contributed by atoms with Crippen molar-refractivity contribution in [3.05, 3.63) is 48.0 Å². The van der Waals surface area contributed by atoms with Gasteiger partial charge in [-0.05, 0) is 30.3 Å². The quantitative estimate of drug-likeness (QED) is 0.735. The Kier molecular flexibility index (Phi) is 6.97. The normalized spacial score (nSPS) is 10.0. The lowest BCUT2D eigenvalue weighted by Crippen LogP contribution is -2.36. The number of nitrogens with one attached hydrogen (secondary N) is 1. The van der Waals surface area contributed by atoms with Gasteiger partial charge in [-0.2, -0.15) is 0 Å². The van der Waals surface area contributed by atoms with Crippen LogP contribution in [0, 0.1) is 0 Å². The number of esters is 1. The second-order valence-corrected chi connectivity index (χ2v) is 5.76. The van der Waals surface area contributed by atoms with E-state index in [1.165, 1.54) is 39.2 Å². The second kappa shape index (κ2) is 9.40. The number of rotatable bonds is 7. The lowest BCUT2D eigenvalue weighted by molar-refractivity contribution is -0.120. The molecule has 0 unspecified atom stereocenters. The summed E-state index contributed by atoms with van der Waals surface area (Å²) in [4.78, 5) is 37.6. The van der Waals surface area contributed by atoms with Crippen molar-refractivity contribution in [2.45, 2.75) is 6.92 Å². The number of hydrogen-bond donors (Lipinski definition) is 1. The Labute approximate surface area is 163 Å². The zero-order chi connectivity index (χ0) is 20.7. The zero-order valence-corrected chi connectivity index (χ0v) is 16.1. The number of ether oxygens (including phenoxy) is 3. The first kappa shape index (κ1) is 20.8. The summed E-state index contributed by atoms with van der Waals surface area (Å²) in [5, 5.41) is 2.71. The summed E-state index contributed by atoms with van der Waals surface area (Å²) in [5.74, 6) is -0.322. The molecule has 0 spiro atoms. The van der Waals surface area contributed by atoms with Gasteiger partial charge in [0.15, 0.2) is 0 Å². The predicted octanol–water partition coefficient (Wildman–Crippen LogP) is 2.48. The smallest absolute Gasteiger partial charge is 0.337 e. The van der Waals surface area contributed by atoms with Crippen molar-refractivity contribution in [3.63, 3.8) is 0 Å². The lowest BCUT2D eigenvalue weighted by atomic mass is 10.2. The first-order chi connectivity index (χ1) is 13.4. The fourth-order valence-electron chi connectivity index (χ4n) is 2.55. The van der Waals surface area contributed by atoms with Crippen LogP contribution >= 0.6 is 0 Å². The maximum Gasteiger partial charge on any atom is 0.337 e. The number of hydrogen-bond acceptors (Lipinski definition) is 6. The summed E-state index contributed by atoms with van der Waals surface area (Å²) < 4.78 is 15.1. The fourth-order valence-corrected chi connectivity index (χ4v) is 2.55. The topological polar surface area (TPSA) is 94.2 Å². The highest BCUT2D eigenvalue weighted by Gasteiger charge is 2.19. The van der Waals surface area contributed by atoms with E-state index in [1.54, 1.807) is 36.4 Å². The summed E-state index contributed by atoms with van der Waals surface area (Å²) in [7, 11) is 4.27. The van der Waals surface area contributed by atoms with Gasteiger partial charge in [0.1, 0.15) is 18.0 Å². The first-order valence-corrected chi connectivity index (χ1v) is 8.38. The summed E-state index contributed by atoms with van der Waals surface area (Å²) in [6.45, 7) is 1.09. The summed E-state index contributed by atoms with van der Waals surface area (Å²) >= 11 is 0. The van der Waals surface area contributed by atoms with Crippen LogP contribution in [0.3, 0.4) is 0 Å². The molecule has 0 aliphatic rings. The number of carbonyl (C=O) groups excluding carboxylic acids is 3. The molecule has 0 heterocycles. The largest absolute Gasteiger partial charge is 0.497 e. The molecule has 2 rings (SSSR count). The van der Waals surface area contributed by atoms with Crippen molar-refractivity contribution in [1.29, 1.82) is 0 Å². The average molecular weight is 386 g/mol. The van der Waals surface area contributed by atoms with Crippen molar-refractivity contribution in [2.75, 3.05) is 38.1 Å². The molecular weight excluding hydrogens is 364 g/mol. The van der Waals surface area contributed by atoms with Gasteiger partial charge in [0.05, 0.1) is 32.6 Å². The number of amides is 2. The lowest BCUT2D eigenvalue weighted by Gasteiger charge is -2.21. The Morgan fingerprint density at radius 3 is 2.36 bits per heavy atom. The number of benzene rings is 2. The van der Waals surface area contributed by atoms with Crippen LogP contribution in [0.2, 0.25) is 0 Å². The molecule has 0 aromatic heterocycles. The molecule has 8 heteroatoms.